The molecule has 0 aromatic rings. The van der Waals surface area contributed by atoms with Gasteiger partial charge in [0.05, 0.1) is 0 Å². The van der Waals surface area contributed by atoms with Gasteiger partial charge in [0.25, 0.3) is 0 Å². The Bertz CT molecular complexity index is 135. The van der Waals surface area contributed by atoms with Crippen molar-refractivity contribution >= 4 is 6.09 Å². The monoisotopic (exact) mass is 421 g/mol. The third-order valence-electron chi connectivity index (χ3n) is 1.00. The van der Waals surface area contributed by atoms with Crippen LogP contribution in [0, 0.1) is 0 Å². The predicted molar refractivity (Wildman–Crippen MR) is 121 cm³/mol. The van der Waals surface area contributed by atoms with Crippen molar-refractivity contribution in [2.24, 2.45) is 74.5 Å². The molecular weight excluding hydrogens is 370 g/mol. The molecule has 28 heavy (non-hydrogen) atoms. The van der Waals surface area contributed by atoms with E-state index in [4.69, 9.17) is 78.7 Å². The molecule has 0 atom stereocenters. The van der Waals surface area contributed by atoms with Crippen LogP contribution in [0.5, 0.6) is 0 Å². The number of amides is 1. The van der Waals surface area contributed by atoms with Gasteiger partial charge in [0.1, 0.15) is 0 Å². The fourth-order valence-corrected chi connectivity index (χ4v) is 0. The van der Waals surface area contributed by atoms with Gasteiger partial charge in [-0.25, -0.2) is 4.79 Å². The lowest BCUT2D eigenvalue weighted by Crippen LogP contribution is -2.11. The van der Waals surface area contributed by atoms with Crippen molar-refractivity contribution in [2.75, 3.05) is 78.5 Å². The van der Waals surface area contributed by atoms with Crippen LogP contribution in [-0.4, -0.2) is 89.7 Å². The number of hydrogen-bond acceptors (Lipinski definition) is 13. The molecule has 15 nitrogen and oxygen atoms in total. The number of primary amides is 1. The van der Waals surface area contributed by atoms with Gasteiger partial charge in [-0.05, 0) is 0 Å². The zero-order valence-electron chi connectivity index (χ0n) is 17.3. The maximum Gasteiger partial charge on any atom is 0.402 e. The van der Waals surface area contributed by atoms with E-state index < -0.39 is 6.09 Å². The first kappa shape index (κ1) is 45.5. The van der Waals surface area contributed by atoms with Crippen molar-refractivity contribution in [3.63, 3.8) is 0 Å². The normalized spacial score (nSPS) is 7.29. The van der Waals surface area contributed by atoms with E-state index in [0.29, 0.717) is 78.5 Å². The molecule has 0 unspecified atom stereocenters. The second-order valence-electron chi connectivity index (χ2n) is 3.80. The molecule has 0 radical (unpaired) electrons. The number of carbonyl (C=O) groups is 1. The summed E-state index contributed by atoms with van der Waals surface area (Å²) in [6.45, 7) is 7.17. The van der Waals surface area contributed by atoms with Crippen LogP contribution in [0.4, 0.5) is 4.79 Å². The van der Waals surface area contributed by atoms with Crippen LogP contribution in [0.1, 0.15) is 0 Å². The zero-order valence-corrected chi connectivity index (χ0v) is 17.3. The highest BCUT2D eigenvalue weighted by Crippen LogP contribution is 1.34. The van der Waals surface area contributed by atoms with Crippen LogP contribution in [0.15, 0.2) is 0 Å². The van der Waals surface area contributed by atoms with Gasteiger partial charge in [0.2, 0.25) is 0 Å². The average molecular weight is 422 g/mol. The van der Waals surface area contributed by atoms with Gasteiger partial charge in [-0.15, -0.1) is 0 Å². The maximum absolute atomic E-state index is 8.78. The van der Waals surface area contributed by atoms with Crippen molar-refractivity contribution in [3.05, 3.63) is 0 Å². The standard InChI is InChI=1S/6C2H8N2.CH3NO2/c6*3-1-2-4;2-1(3)4/h6*1-4H2;2H2,(H,3,4). The first-order valence-electron chi connectivity index (χ1n) is 8.62. The molecular formula is C13H51N13O2. The minimum atomic E-state index is -1.33. The lowest BCUT2D eigenvalue weighted by Gasteiger charge is -1.72. The number of carboxylic acid groups (broad SMARTS) is 1. The highest BCUT2D eigenvalue weighted by atomic mass is 16.4. The first-order valence-corrected chi connectivity index (χ1v) is 8.62. The topological polar surface area (TPSA) is 376 Å². The molecule has 0 bridgehead atoms. The van der Waals surface area contributed by atoms with E-state index in [1.54, 1.807) is 0 Å². The predicted octanol–water partition coefficient (Wildman–Crippen LogP) is -6.95. The van der Waals surface area contributed by atoms with E-state index in [-0.39, 0.29) is 0 Å². The Kier molecular flexibility index (Phi) is 135. The minimum Gasteiger partial charge on any atom is -0.465 e. The molecule has 0 saturated heterocycles. The van der Waals surface area contributed by atoms with Crippen LogP contribution in [-0.2, 0) is 0 Å². The minimum absolute atomic E-state index is 0.597. The Morgan fingerprint density at radius 1 is 0.393 bits per heavy atom. The fourth-order valence-electron chi connectivity index (χ4n) is 0. The molecule has 0 aromatic heterocycles. The lowest BCUT2D eigenvalue weighted by molar-refractivity contribution is 0.205. The summed E-state index contributed by atoms with van der Waals surface area (Å²) in [5.41, 5.74) is 62.9. The van der Waals surface area contributed by atoms with E-state index in [1.165, 1.54) is 0 Å². The van der Waals surface area contributed by atoms with E-state index in [2.05, 4.69) is 5.73 Å². The van der Waals surface area contributed by atoms with Crippen molar-refractivity contribution in [1.29, 1.82) is 0 Å². The highest BCUT2D eigenvalue weighted by Gasteiger charge is 1.65. The smallest absolute Gasteiger partial charge is 0.402 e. The summed E-state index contributed by atoms with van der Waals surface area (Å²) in [4.78, 5) is 8.78. The maximum atomic E-state index is 8.78. The summed E-state index contributed by atoms with van der Waals surface area (Å²) >= 11 is 0. The second kappa shape index (κ2) is 83.3. The Morgan fingerprint density at radius 2 is 0.429 bits per heavy atom. The summed E-state index contributed by atoms with van der Waals surface area (Å²) < 4.78 is 0. The first-order chi connectivity index (χ1) is 13.2. The largest absolute Gasteiger partial charge is 0.465 e. The van der Waals surface area contributed by atoms with Gasteiger partial charge in [-0.1, -0.05) is 0 Å². The lowest BCUT2D eigenvalue weighted by atomic mass is 10.7. The third-order valence-corrected chi connectivity index (χ3v) is 1.00. The Hall–Kier alpha value is -1.21. The molecule has 0 aromatic carbocycles. The molecule has 27 N–H and O–H groups in total. The van der Waals surface area contributed by atoms with Gasteiger partial charge < -0.3 is 79.6 Å². The fraction of sp³-hybridized carbons (Fsp3) is 0.923. The van der Waals surface area contributed by atoms with Crippen LogP contribution in [0.25, 0.3) is 0 Å². The number of nitrogens with two attached hydrogens (primary N) is 13. The molecule has 0 rings (SSSR count). The van der Waals surface area contributed by atoms with Crippen LogP contribution in [0.3, 0.4) is 0 Å². The van der Waals surface area contributed by atoms with E-state index in [9.17, 15) is 0 Å². The van der Waals surface area contributed by atoms with E-state index in [1.807, 2.05) is 0 Å². The summed E-state index contributed by atoms with van der Waals surface area (Å²) in [5, 5.41) is 7.19. The molecule has 1 amide bonds. The quantitative estimate of drug-likeness (QED) is 0.189. The molecule has 0 fully saturated rings. The number of hydrogen-bond donors (Lipinski definition) is 14. The van der Waals surface area contributed by atoms with Gasteiger partial charge in [0, 0.05) is 78.5 Å². The average Bonchev–Trinajstić information content (AvgIpc) is 2.73. The molecule has 0 heterocycles. The van der Waals surface area contributed by atoms with Crippen LogP contribution in [0.2, 0.25) is 0 Å². The molecule has 180 valence electrons. The van der Waals surface area contributed by atoms with Crippen molar-refractivity contribution in [1.82, 2.24) is 0 Å². The summed E-state index contributed by atoms with van der Waals surface area (Å²) in [6, 6.07) is 0. The molecule has 15 heteroatoms. The Labute approximate surface area is 170 Å². The Balaban J connectivity index is -0.0000000367. The molecule has 0 saturated carbocycles. The van der Waals surface area contributed by atoms with Crippen molar-refractivity contribution in [2.45, 2.75) is 0 Å². The van der Waals surface area contributed by atoms with Crippen LogP contribution >= 0.6 is 0 Å². The van der Waals surface area contributed by atoms with Gasteiger partial charge in [-0.2, -0.15) is 0 Å². The Morgan fingerprint density at radius 3 is 0.429 bits per heavy atom. The summed E-state index contributed by atoms with van der Waals surface area (Å²) in [7, 11) is 0. The summed E-state index contributed by atoms with van der Waals surface area (Å²) in [5.74, 6) is 0. The second-order valence-corrected chi connectivity index (χ2v) is 3.80. The SMILES string of the molecule is NC(=O)O.NCCN.NCCN.NCCN.NCCN.NCCN.NCCN. The molecule has 0 aliphatic heterocycles. The van der Waals surface area contributed by atoms with E-state index >= 15 is 0 Å². The molecule has 0 spiro atoms. The van der Waals surface area contributed by atoms with Gasteiger partial charge in [-0.3, -0.25) is 0 Å². The zero-order chi connectivity index (χ0) is 24.1. The van der Waals surface area contributed by atoms with E-state index in [0.717, 1.165) is 0 Å². The van der Waals surface area contributed by atoms with Crippen molar-refractivity contribution in [3.8, 4) is 0 Å². The summed E-state index contributed by atoms with van der Waals surface area (Å²) in [6.07, 6.45) is -1.33. The molecule has 0 aliphatic carbocycles. The molecule has 0 aliphatic rings. The van der Waals surface area contributed by atoms with Crippen molar-refractivity contribution < 1.29 is 9.90 Å². The third kappa shape index (κ3) is 611. The number of rotatable bonds is 6. The van der Waals surface area contributed by atoms with Gasteiger partial charge >= 0.3 is 6.09 Å². The van der Waals surface area contributed by atoms with Gasteiger partial charge in [0.15, 0.2) is 0 Å². The highest BCUT2D eigenvalue weighted by molar-refractivity contribution is 5.61. The van der Waals surface area contributed by atoms with Crippen LogP contribution < -0.4 is 74.5 Å².